The van der Waals surface area contributed by atoms with Crippen molar-refractivity contribution in [1.29, 1.82) is 0 Å². The van der Waals surface area contributed by atoms with E-state index in [2.05, 4.69) is 17.0 Å². The van der Waals surface area contributed by atoms with Gasteiger partial charge in [-0.2, -0.15) is 0 Å². The zero-order valence-corrected chi connectivity index (χ0v) is 16.5. The fourth-order valence-corrected chi connectivity index (χ4v) is 4.24. The van der Waals surface area contributed by atoms with E-state index in [9.17, 15) is 13.2 Å². The zero-order chi connectivity index (χ0) is 19.3. The predicted octanol–water partition coefficient (Wildman–Crippen LogP) is 2.58. The summed E-state index contributed by atoms with van der Waals surface area (Å²) in [4.78, 5) is 17.2. The summed E-state index contributed by atoms with van der Waals surface area (Å²) in [6.45, 7) is 4.10. The number of hydrogen-bond acceptors (Lipinski definition) is 4. The predicted molar refractivity (Wildman–Crippen MR) is 107 cm³/mol. The van der Waals surface area contributed by atoms with Crippen molar-refractivity contribution in [3.8, 4) is 0 Å². The van der Waals surface area contributed by atoms with Crippen molar-refractivity contribution < 1.29 is 13.2 Å². The molecule has 0 saturated carbocycles. The maximum Gasteiger partial charge on any atom is 0.253 e. The molecule has 5 nitrogen and oxygen atoms in total. The molecule has 0 spiro atoms. The molecule has 3 rings (SSSR count). The lowest BCUT2D eigenvalue weighted by atomic mass is 10.1. The average molecular weight is 387 g/mol. The van der Waals surface area contributed by atoms with E-state index in [0.717, 1.165) is 32.6 Å². The monoisotopic (exact) mass is 386 g/mol. The molecule has 2 aromatic rings. The molecule has 0 unspecified atom stereocenters. The largest absolute Gasteiger partial charge is 0.337 e. The maximum atomic E-state index is 12.9. The van der Waals surface area contributed by atoms with E-state index in [1.165, 1.54) is 11.8 Å². The molecule has 0 bridgehead atoms. The molecule has 1 fully saturated rings. The topological polar surface area (TPSA) is 57.7 Å². The molecule has 144 valence electrons. The normalized spacial score (nSPS) is 16.1. The van der Waals surface area contributed by atoms with Crippen LogP contribution in [0, 0.1) is 0 Å². The summed E-state index contributed by atoms with van der Waals surface area (Å²) in [6, 6.07) is 17.3. The highest BCUT2D eigenvalue weighted by Crippen LogP contribution is 2.14. The van der Waals surface area contributed by atoms with Crippen LogP contribution in [0.3, 0.4) is 0 Å². The van der Waals surface area contributed by atoms with Gasteiger partial charge in [0.15, 0.2) is 9.84 Å². The van der Waals surface area contributed by atoms with Crippen LogP contribution in [-0.2, 0) is 22.1 Å². The summed E-state index contributed by atoms with van der Waals surface area (Å²) in [5, 5.41) is 0. The molecule has 2 aromatic carbocycles. The van der Waals surface area contributed by atoms with Gasteiger partial charge in [-0.1, -0.05) is 42.5 Å². The first-order valence-corrected chi connectivity index (χ1v) is 11.3. The number of sulfone groups is 1. The second-order valence-corrected chi connectivity index (χ2v) is 9.32. The van der Waals surface area contributed by atoms with Crippen molar-refractivity contribution in [2.24, 2.45) is 0 Å². The van der Waals surface area contributed by atoms with Gasteiger partial charge in [0.1, 0.15) is 0 Å². The summed E-state index contributed by atoms with van der Waals surface area (Å²) < 4.78 is 23.0. The number of rotatable bonds is 5. The molecule has 1 aliphatic rings. The number of carbonyl (C=O) groups is 1. The Morgan fingerprint density at radius 1 is 0.926 bits per heavy atom. The Bertz CT molecular complexity index is 881. The van der Waals surface area contributed by atoms with Gasteiger partial charge in [-0.15, -0.1) is 0 Å². The van der Waals surface area contributed by atoms with E-state index < -0.39 is 9.84 Å². The van der Waals surface area contributed by atoms with Gasteiger partial charge in [0, 0.05) is 44.5 Å². The van der Waals surface area contributed by atoms with Crippen LogP contribution in [0.25, 0.3) is 0 Å². The van der Waals surface area contributed by atoms with Crippen LogP contribution in [0.5, 0.6) is 0 Å². The lowest BCUT2D eigenvalue weighted by molar-refractivity contribution is 0.0761. The number of hydrogen-bond donors (Lipinski definition) is 0. The molecule has 0 aromatic heterocycles. The van der Waals surface area contributed by atoms with Crippen LogP contribution < -0.4 is 0 Å². The van der Waals surface area contributed by atoms with Crippen LogP contribution in [0.2, 0.25) is 0 Å². The highest BCUT2D eigenvalue weighted by molar-refractivity contribution is 7.89. The second-order valence-electron chi connectivity index (χ2n) is 7.18. The highest BCUT2D eigenvalue weighted by atomic mass is 32.2. The third-order valence-corrected chi connectivity index (χ3v) is 5.59. The van der Waals surface area contributed by atoms with Gasteiger partial charge in [0.2, 0.25) is 0 Å². The van der Waals surface area contributed by atoms with Crippen LogP contribution >= 0.6 is 0 Å². The Morgan fingerprint density at radius 2 is 1.67 bits per heavy atom. The van der Waals surface area contributed by atoms with E-state index in [-0.39, 0.29) is 11.7 Å². The Kier molecular flexibility index (Phi) is 6.29. The molecule has 1 amide bonds. The minimum Gasteiger partial charge on any atom is -0.337 e. The SMILES string of the molecule is CS(=O)(=O)Cc1cccc(C(=O)N2CCCN(Cc3ccccc3)CC2)c1. The van der Waals surface area contributed by atoms with E-state index in [4.69, 9.17) is 0 Å². The van der Waals surface area contributed by atoms with E-state index in [0.29, 0.717) is 17.7 Å². The van der Waals surface area contributed by atoms with Crippen LogP contribution in [0.1, 0.15) is 27.9 Å². The summed E-state index contributed by atoms with van der Waals surface area (Å²) >= 11 is 0. The quantitative estimate of drug-likeness (QED) is 0.793. The van der Waals surface area contributed by atoms with Crippen molar-refractivity contribution in [2.45, 2.75) is 18.7 Å². The molecule has 27 heavy (non-hydrogen) atoms. The fraction of sp³-hybridized carbons (Fsp3) is 0.381. The third-order valence-electron chi connectivity index (χ3n) is 4.73. The molecule has 0 aliphatic carbocycles. The Balaban J connectivity index is 1.63. The first-order chi connectivity index (χ1) is 12.9. The summed E-state index contributed by atoms with van der Waals surface area (Å²) in [5.41, 5.74) is 2.50. The summed E-state index contributed by atoms with van der Waals surface area (Å²) in [5.74, 6) is -0.0641. The lowest BCUT2D eigenvalue weighted by Crippen LogP contribution is -2.35. The van der Waals surface area contributed by atoms with Gasteiger partial charge >= 0.3 is 0 Å². The number of amides is 1. The Labute approximate surface area is 161 Å². The van der Waals surface area contributed by atoms with E-state index in [1.54, 1.807) is 24.3 Å². The molecule has 1 heterocycles. The van der Waals surface area contributed by atoms with Gasteiger partial charge in [-0.25, -0.2) is 8.42 Å². The lowest BCUT2D eigenvalue weighted by Gasteiger charge is -2.22. The maximum absolute atomic E-state index is 12.9. The minimum absolute atomic E-state index is 0.0214. The van der Waals surface area contributed by atoms with Crippen molar-refractivity contribution in [1.82, 2.24) is 9.80 Å². The van der Waals surface area contributed by atoms with E-state index >= 15 is 0 Å². The highest BCUT2D eigenvalue weighted by Gasteiger charge is 2.21. The Hall–Kier alpha value is -2.18. The smallest absolute Gasteiger partial charge is 0.253 e. The van der Waals surface area contributed by atoms with Gasteiger partial charge in [-0.05, 0) is 29.7 Å². The standard InChI is InChI=1S/C21H26N2O3S/c1-27(25,26)17-19-9-5-10-20(15-19)21(24)23-12-6-11-22(13-14-23)16-18-7-3-2-4-8-18/h2-5,7-10,15H,6,11-14,16-17H2,1H3. The molecule has 6 heteroatoms. The molecule has 0 radical (unpaired) electrons. The minimum atomic E-state index is -3.12. The van der Waals surface area contributed by atoms with Gasteiger partial charge in [0.25, 0.3) is 5.91 Å². The average Bonchev–Trinajstić information content (AvgIpc) is 2.86. The van der Waals surface area contributed by atoms with Crippen molar-refractivity contribution in [3.05, 3.63) is 71.3 Å². The van der Waals surface area contributed by atoms with Gasteiger partial charge in [0.05, 0.1) is 5.75 Å². The third kappa shape index (κ3) is 5.91. The van der Waals surface area contributed by atoms with Crippen LogP contribution in [0.15, 0.2) is 54.6 Å². The van der Waals surface area contributed by atoms with Gasteiger partial charge < -0.3 is 4.90 Å². The molecule has 1 aliphatic heterocycles. The Morgan fingerprint density at radius 3 is 2.41 bits per heavy atom. The van der Waals surface area contributed by atoms with E-state index in [1.807, 2.05) is 23.1 Å². The number of carbonyl (C=O) groups excluding carboxylic acids is 1. The zero-order valence-electron chi connectivity index (χ0n) is 15.7. The second kappa shape index (κ2) is 8.67. The first-order valence-electron chi connectivity index (χ1n) is 9.23. The van der Waals surface area contributed by atoms with Crippen LogP contribution in [-0.4, -0.2) is 56.6 Å². The van der Waals surface area contributed by atoms with Crippen molar-refractivity contribution >= 4 is 15.7 Å². The van der Waals surface area contributed by atoms with Crippen LogP contribution in [0.4, 0.5) is 0 Å². The fourth-order valence-electron chi connectivity index (χ4n) is 3.45. The van der Waals surface area contributed by atoms with Crippen molar-refractivity contribution in [3.63, 3.8) is 0 Å². The summed E-state index contributed by atoms with van der Waals surface area (Å²) in [6.07, 6.45) is 2.14. The molecule has 1 saturated heterocycles. The molecule has 0 atom stereocenters. The number of benzene rings is 2. The molecule has 0 N–H and O–H groups in total. The molecular weight excluding hydrogens is 360 g/mol. The van der Waals surface area contributed by atoms with Gasteiger partial charge in [-0.3, -0.25) is 9.69 Å². The number of nitrogens with zero attached hydrogens (tertiary/aromatic N) is 2. The van der Waals surface area contributed by atoms with Crippen molar-refractivity contribution in [2.75, 3.05) is 32.4 Å². The first kappa shape index (κ1) is 19.6. The molecular formula is C21H26N2O3S. The summed E-state index contributed by atoms with van der Waals surface area (Å²) in [7, 11) is -3.12.